The van der Waals surface area contributed by atoms with Crippen molar-refractivity contribution in [1.29, 1.82) is 0 Å². The van der Waals surface area contributed by atoms with E-state index < -0.39 is 6.10 Å². The summed E-state index contributed by atoms with van der Waals surface area (Å²) in [5, 5.41) is 18.3. The molecule has 0 bridgehead atoms. The summed E-state index contributed by atoms with van der Waals surface area (Å²) in [6.07, 6.45) is -0.576. The minimum absolute atomic E-state index is 0.404. The van der Waals surface area contributed by atoms with Crippen LogP contribution >= 0.6 is 11.3 Å². The van der Waals surface area contributed by atoms with E-state index in [0.717, 1.165) is 4.88 Å². The van der Waals surface area contributed by atoms with Crippen molar-refractivity contribution >= 4 is 33.1 Å². The molecule has 3 rings (SSSR count). The number of aliphatic hydroxyl groups is 1. The predicted molar refractivity (Wildman–Crippen MR) is 120 cm³/mol. The first-order valence-electron chi connectivity index (χ1n) is 9.36. The molecule has 0 amide bonds. The van der Waals surface area contributed by atoms with Gasteiger partial charge in [-0.1, -0.05) is 30.3 Å². The van der Waals surface area contributed by atoms with E-state index in [-0.39, 0.29) is 0 Å². The van der Waals surface area contributed by atoms with Crippen molar-refractivity contribution in [2.75, 3.05) is 32.6 Å². The highest BCUT2D eigenvalue weighted by Crippen LogP contribution is 2.29. The second kappa shape index (κ2) is 9.08. The first kappa shape index (κ1) is 20.2. The third kappa shape index (κ3) is 4.82. The lowest BCUT2D eigenvalue weighted by Crippen LogP contribution is -2.39. The van der Waals surface area contributed by atoms with E-state index in [0.29, 0.717) is 19.0 Å². The zero-order chi connectivity index (χ0) is 20.1. The fourth-order valence-electron chi connectivity index (χ4n) is 3.10. The van der Waals surface area contributed by atoms with Crippen LogP contribution in [0.4, 0.5) is 5.69 Å². The molecule has 1 unspecified atom stereocenters. The molecule has 0 saturated heterocycles. The molecular weight excluding hydrogens is 368 g/mol. The maximum absolute atomic E-state index is 10.6. The lowest BCUT2D eigenvalue weighted by molar-refractivity contribution is 0.184. The first-order chi connectivity index (χ1) is 13.5. The molecule has 0 fully saturated rings. The van der Waals surface area contributed by atoms with Gasteiger partial charge in [0.05, 0.1) is 0 Å². The van der Waals surface area contributed by atoms with Crippen LogP contribution in [0.5, 0.6) is 0 Å². The highest BCUT2D eigenvalue weighted by atomic mass is 32.1. The lowest BCUT2D eigenvalue weighted by Gasteiger charge is -2.20. The van der Waals surface area contributed by atoms with Crippen LogP contribution in [-0.4, -0.2) is 38.8 Å². The number of anilines is 1. The highest BCUT2D eigenvalue weighted by molar-refractivity contribution is 7.19. The number of nitrogens with zero attached hydrogens (tertiary/aromatic N) is 2. The molecule has 0 aliphatic heterocycles. The van der Waals surface area contributed by atoms with Crippen molar-refractivity contribution in [3.05, 3.63) is 64.5 Å². The Morgan fingerprint density at radius 3 is 2.64 bits per heavy atom. The van der Waals surface area contributed by atoms with Crippen molar-refractivity contribution in [3.63, 3.8) is 0 Å². The van der Waals surface area contributed by atoms with E-state index in [2.05, 4.69) is 63.8 Å². The van der Waals surface area contributed by atoms with E-state index in [1.54, 1.807) is 18.4 Å². The Bertz CT molecular complexity index is 931. The summed E-state index contributed by atoms with van der Waals surface area (Å²) < 4.78 is 1.19. The molecule has 5 nitrogen and oxygen atoms in total. The molecule has 6 heteroatoms. The Labute approximate surface area is 170 Å². The van der Waals surface area contributed by atoms with Gasteiger partial charge in [-0.3, -0.25) is 4.99 Å². The summed E-state index contributed by atoms with van der Waals surface area (Å²) in [5.74, 6) is 0.672. The zero-order valence-corrected chi connectivity index (χ0v) is 17.7. The molecule has 1 atom stereocenters. The molecule has 3 N–H and O–H groups in total. The Hall–Kier alpha value is -2.57. The van der Waals surface area contributed by atoms with Gasteiger partial charge in [-0.2, -0.15) is 0 Å². The van der Waals surface area contributed by atoms with Crippen LogP contribution in [0, 0.1) is 6.92 Å². The van der Waals surface area contributed by atoms with Gasteiger partial charge in [-0.05, 0) is 41.6 Å². The van der Waals surface area contributed by atoms with E-state index in [1.807, 2.05) is 26.2 Å². The van der Waals surface area contributed by atoms with Gasteiger partial charge in [0.1, 0.15) is 6.10 Å². The second-order valence-corrected chi connectivity index (χ2v) is 8.15. The van der Waals surface area contributed by atoms with Gasteiger partial charge in [0, 0.05) is 49.5 Å². The van der Waals surface area contributed by atoms with E-state index in [4.69, 9.17) is 0 Å². The topological polar surface area (TPSA) is 59.9 Å². The summed E-state index contributed by atoms with van der Waals surface area (Å²) >= 11 is 1.63. The normalized spacial score (nSPS) is 12.8. The van der Waals surface area contributed by atoms with E-state index in [9.17, 15) is 5.11 Å². The lowest BCUT2D eigenvalue weighted by atomic mass is 10.1. The molecule has 0 spiro atoms. The summed E-state index contributed by atoms with van der Waals surface area (Å²) in [5.41, 5.74) is 3.62. The average Bonchev–Trinajstić information content (AvgIpc) is 3.13. The number of aliphatic hydroxyl groups excluding tert-OH is 1. The van der Waals surface area contributed by atoms with Crippen LogP contribution in [0.25, 0.3) is 10.1 Å². The fraction of sp³-hybridized carbons (Fsp3) is 0.318. The largest absolute Gasteiger partial charge is 0.386 e. The third-order valence-corrected chi connectivity index (χ3v) is 5.85. The van der Waals surface area contributed by atoms with E-state index in [1.165, 1.54) is 26.9 Å². The average molecular weight is 397 g/mol. The molecular formula is C22H28N4OS. The smallest absolute Gasteiger partial charge is 0.191 e. The summed E-state index contributed by atoms with van der Waals surface area (Å²) in [6.45, 7) is 3.16. The van der Waals surface area contributed by atoms with Crippen molar-refractivity contribution in [2.45, 2.75) is 19.6 Å². The number of aryl methyl sites for hydroxylation is 1. The Morgan fingerprint density at radius 1 is 1.14 bits per heavy atom. The summed E-state index contributed by atoms with van der Waals surface area (Å²) in [6, 6.07) is 16.7. The van der Waals surface area contributed by atoms with Crippen molar-refractivity contribution < 1.29 is 5.11 Å². The standard InChI is InChI=1S/C22H28N4OS/c1-15-9-10-17(18(11-15)26(3)4)13-24-22(23-2)25-14-19(27)21-12-16-7-5-6-8-20(16)28-21/h5-12,19,27H,13-14H2,1-4H3,(H2,23,24,25). The number of aliphatic imine (C=N–C) groups is 1. The molecule has 0 aliphatic rings. The number of nitrogens with one attached hydrogen (secondary N) is 2. The van der Waals surface area contributed by atoms with Crippen LogP contribution in [0.15, 0.2) is 53.5 Å². The zero-order valence-electron chi connectivity index (χ0n) is 16.9. The molecule has 0 saturated carbocycles. The van der Waals surface area contributed by atoms with Gasteiger partial charge in [0.15, 0.2) is 5.96 Å². The Balaban J connectivity index is 1.59. The SMILES string of the molecule is CN=C(NCc1ccc(C)cc1N(C)C)NCC(O)c1cc2ccccc2s1. The molecule has 1 aromatic heterocycles. The number of guanidine groups is 1. The van der Waals surface area contributed by atoms with Crippen LogP contribution in [0.1, 0.15) is 22.1 Å². The van der Waals surface area contributed by atoms with E-state index >= 15 is 0 Å². The van der Waals surface area contributed by atoms with Gasteiger partial charge in [0.25, 0.3) is 0 Å². The monoisotopic (exact) mass is 396 g/mol. The molecule has 0 aliphatic carbocycles. The van der Waals surface area contributed by atoms with Crippen molar-refractivity contribution in [2.24, 2.45) is 4.99 Å². The maximum Gasteiger partial charge on any atom is 0.191 e. The second-order valence-electron chi connectivity index (χ2n) is 7.04. The first-order valence-corrected chi connectivity index (χ1v) is 10.2. The number of thiophene rings is 1. The molecule has 28 heavy (non-hydrogen) atoms. The number of benzene rings is 2. The Morgan fingerprint density at radius 2 is 1.93 bits per heavy atom. The maximum atomic E-state index is 10.6. The molecule has 148 valence electrons. The van der Waals surface area contributed by atoms with Gasteiger partial charge in [-0.25, -0.2) is 0 Å². The van der Waals surface area contributed by atoms with Gasteiger partial charge < -0.3 is 20.6 Å². The van der Waals surface area contributed by atoms with Crippen LogP contribution < -0.4 is 15.5 Å². The van der Waals surface area contributed by atoms with Gasteiger partial charge in [0.2, 0.25) is 0 Å². The molecule has 3 aromatic rings. The highest BCUT2D eigenvalue weighted by Gasteiger charge is 2.12. The minimum Gasteiger partial charge on any atom is -0.386 e. The number of hydrogen-bond donors (Lipinski definition) is 3. The van der Waals surface area contributed by atoms with Gasteiger partial charge in [-0.15, -0.1) is 11.3 Å². The molecule has 0 radical (unpaired) electrons. The van der Waals surface area contributed by atoms with Crippen molar-refractivity contribution in [3.8, 4) is 0 Å². The predicted octanol–water partition coefficient (Wildman–Crippen LogP) is 3.67. The molecule has 1 heterocycles. The minimum atomic E-state index is -0.576. The van der Waals surface area contributed by atoms with Crippen molar-refractivity contribution in [1.82, 2.24) is 10.6 Å². The third-order valence-electron chi connectivity index (χ3n) is 4.63. The fourth-order valence-corrected chi connectivity index (χ4v) is 4.15. The number of fused-ring (bicyclic) bond motifs is 1. The van der Waals surface area contributed by atoms with Crippen LogP contribution in [-0.2, 0) is 6.54 Å². The molecule has 2 aromatic carbocycles. The number of hydrogen-bond acceptors (Lipinski definition) is 4. The van der Waals surface area contributed by atoms with Crippen LogP contribution in [0.3, 0.4) is 0 Å². The quantitative estimate of drug-likeness (QED) is 0.439. The summed E-state index contributed by atoms with van der Waals surface area (Å²) in [7, 11) is 5.84. The summed E-state index contributed by atoms with van der Waals surface area (Å²) in [4.78, 5) is 7.35. The Kier molecular flexibility index (Phi) is 6.54. The van der Waals surface area contributed by atoms with Crippen LogP contribution in [0.2, 0.25) is 0 Å². The number of rotatable bonds is 6. The van der Waals surface area contributed by atoms with Gasteiger partial charge >= 0.3 is 0 Å².